The van der Waals surface area contributed by atoms with Gasteiger partial charge in [0, 0.05) is 18.7 Å². The van der Waals surface area contributed by atoms with Gasteiger partial charge >= 0.3 is 5.76 Å². The molecule has 0 N–H and O–H groups in total. The Labute approximate surface area is 239 Å². The molecule has 0 atom stereocenters. The summed E-state index contributed by atoms with van der Waals surface area (Å²) in [5.74, 6) is 1.24. The van der Waals surface area contributed by atoms with Crippen LogP contribution in [0, 0.1) is 0 Å². The van der Waals surface area contributed by atoms with Gasteiger partial charge in [-0.2, -0.15) is 4.68 Å². The van der Waals surface area contributed by atoms with E-state index in [1.54, 1.807) is 7.11 Å². The predicted molar refractivity (Wildman–Crippen MR) is 158 cm³/mol. The van der Waals surface area contributed by atoms with E-state index in [1.165, 1.54) is 4.68 Å². The first-order valence-corrected chi connectivity index (χ1v) is 13.8. The summed E-state index contributed by atoms with van der Waals surface area (Å²) in [5.41, 5.74) is 6.02. The smallest absolute Gasteiger partial charge is 0.437 e. The zero-order valence-corrected chi connectivity index (χ0v) is 23.4. The average molecular weight is 551 g/mol. The Hall–Kier alpha value is -4.62. The van der Waals surface area contributed by atoms with Crippen molar-refractivity contribution in [3.63, 3.8) is 0 Å². The Bertz CT molecular complexity index is 1600. The van der Waals surface area contributed by atoms with E-state index in [2.05, 4.69) is 24.2 Å². The third kappa shape index (κ3) is 6.94. The molecule has 1 heterocycles. The van der Waals surface area contributed by atoms with Crippen LogP contribution in [-0.2, 0) is 37.3 Å². The molecule has 0 bridgehead atoms. The molecule has 0 aliphatic carbocycles. The Morgan fingerprint density at radius 3 is 1.95 bits per heavy atom. The number of rotatable bonds is 13. The van der Waals surface area contributed by atoms with Crippen molar-refractivity contribution in [2.45, 2.75) is 39.5 Å². The monoisotopic (exact) mass is 550 g/mol. The molecule has 0 aliphatic heterocycles. The van der Waals surface area contributed by atoms with Gasteiger partial charge in [-0.25, -0.2) is 4.79 Å². The van der Waals surface area contributed by atoms with Gasteiger partial charge in [0.05, 0.1) is 19.6 Å². The van der Waals surface area contributed by atoms with Crippen LogP contribution < -0.4 is 15.2 Å². The van der Waals surface area contributed by atoms with Crippen LogP contribution in [0.25, 0.3) is 11.1 Å². The summed E-state index contributed by atoms with van der Waals surface area (Å²) in [6, 6.07) is 32.2. The van der Waals surface area contributed by atoms with Crippen LogP contribution in [0.2, 0.25) is 0 Å². The van der Waals surface area contributed by atoms with Gasteiger partial charge in [-0.05, 0) is 34.2 Å². The molecule has 41 heavy (non-hydrogen) atoms. The fourth-order valence-corrected chi connectivity index (χ4v) is 4.83. The standard InChI is InChI=1S/C34H34N2O5/c1-3-28-29(21-32-35-36(19-20-38-2)34(37)41-32)33(27-17-11-6-12-18-27)31(40-24-26-15-9-5-10-16-26)22-30(28)39-23-25-13-7-4-8-14-25/h4-18,22H,3,19-21,23-24H2,1-2H3. The molecule has 0 unspecified atom stereocenters. The normalized spacial score (nSPS) is 11.0. The van der Waals surface area contributed by atoms with Crippen LogP contribution in [0.4, 0.5) is 0 Å². The zero-order chi connectivity index (χ0) is 28.4. The van der Waals surface area contributed by atoms with Gasteiger partial charge in [-0.3, -0.25) is 0 Å². The Morgan fingerprint density at radius 1 is 0.780 bits per heavy atom. The lowest BCUT2D eigenvalue weighted by Crippen LogP contribution is -2.18. The van der Waals surface area contributed by atoms with Crippen molar-refractivity contribution in [2.24, 2.45) is 0 Å². The number of hydrogen-bond donors (Lipinski definition) is 0. The van der Waals surface area contributed by atoms with Crippen molar-refractivity contribution in [3.05, 3.63) is 136 Å². The summed E-state index contributed by atoms with van der Waals surface area (Å²) in [7, 11) is 1.59. The molecular formula is C34H34N2O5. The van der Waals surface area contributed by atoms with Crippen molar-refractivity contribution in [1.82, 2.24) is 9.78 Å². The van der Waals surface area contributed by atoms with Gasteiger partial charge in [0.15, 0.2) is 0 Å². The van der Waals surface area contributed by atoms with Gasteiger partial charge in [-0.1, -0.05) is 97.9 Å². The zero-order valence-electron chi connectivity index (χ0n) is 23.4. The van der Waals surface area contributed by atoms with E-state index in [4.69, 9.17) is 18.6 Å². The lowest BCUT2D eigenvalue weighted by atomic mass is 9.90. The summed E-state index contributed by atoms with van der Waals surface area (Å²) in [6.07, 6.45) is 1.000. The third-order valence-corrected chi connectivity index (χ3v) is 6.85. The van der Waals surface area contributed by atoms with E-state index in [0.717, 1.165) is 39.1 Å². The number of methoxy groups -OCH3 is 1. The van der Waals surface area contributed by atoms with E-state index >= 15 is 0 Å². The van der Waals surface area contributed by atoms with Crippen molar-refractivity contribution in [3.8, 4) is 22.6 Å². The number of ether oxygens (including phenoxy) is 3. The van der Waals surface area contributed by atoms with Crippen molar-refractivity contribution in [2.75, 3.05) is 13.7 Å². The average Bonchev–Trinajstić information content (AvgIpc) is 3.37. The topological polar surface area (TPSA) is 75.7 Å². The first-order valence-electron chi connectivity index (χ1n) is 13.8. The first kappa shape index (κ1) is 27.9. The molecule has 0 amide bonds. The highest BCUT2D eigenvalue weighted by molar-refractivity contribution is 5.77. The second-order valence-electron chi connectivity index (χ2n) is 9.63. The predicted octanol–water partition coefficient (Wildman–Crippen LogP) is 6.46. The maximum absolute atomic E-state index is 12.5. The van der Waals surface area contributed by atoms with E-state index in [9.17, 15) is 4.79 Å². The molecule has 5 aromatic rings. The summed E-state index contributed by atoms with van der Waals surface area (Å²) in [6.45, 7) is 3.58. The van der Waals surface area contributed by atoms with E-state index in [-0.39, 0.29) is 0 Å². The van der Waals surface area contributed by atoms with Gasteiger partial charge < -0.3 is 18.6 Å². The van der Waals surface area contributed by atoms with Crippen molar-refractivity contribution >= 4 is 0 Å². The lowest BCUT2D eigenvalue weighted by Gasteiger charge is -2.22. The van der Waals surface area contributed by atoms with Gasteiger partial charge in [0.25, 0.3) is 0 Å². The Morgan fingerprint density at radius 2 is 1.37 bits per heavy atom. The summed E-state index contributed by atoms with van der Waals surface area (Å²) < 4.78 is 25.0. The lowest BCUT2D eigenvalue weighted by molar-refractivity contribution is 0.181. The molecule has 0 fully saturated rings. The molecule has 1 aromatic heterocycles. The maximum atomic E-state index is 12.5. The van der Waals surface area contributed by atoms with Gasteiger partial charge in [-0.15, -0.1) is 5.10 Å². The highest BCUT2D eigenvalue weighted by atomic mass is 16.5. The number of benzene rings is 4. The van der Waals surface area contributed by atoms with Gasteiger partial charge in [0.2, 0.25) is 5.89 Å². The molecule has 7 heteroatoms. The highest BCUT2D eigenvalue weighted by Crippen LogP contribution is 2.42. The molecular weight excluding hydrogens is 516 g/mol. The third-order valence-electron chi connectivity index (χ3n) is 6.85. The molecule has 0 radical (unpaired) electrons. The maximum Gasteiger partial charge on any atom is 0.437 e. The number of nitrogens with zero attached hydrogens (tertiary/aromatic N) is 2. The van der Waals surface area contributed by atoms with Crippen LogP contribution >= 0.6 is 0 Å². The second-order valence-corrected chi connectivity index (χ2v) is 9.63. The number of hydrogen-bond acceptors (Lipinski definition) is 6. The van der Waals surface area contributed by atoms with Crippen LogP contribution in [0.15, 0.2) is 106 Å². The molecule has 7 nitrogen and oxygen atoms in total. The minimum atomic E-state index is -0.506. The molecule has 5 rings (SSSR count). The molecule has 0 saturated heterocycles. The van der Waals surface area contributed by atoms with Crippen LogP contribution in [-0.4, -0.2) is 23.5 Å². The van der Waals surface area contributed by atoms with Crippen LogP contribution in [0.1, 0.15) is 35.1 Å². The van der Waals surface area contributed by atoms with E-state index < -0.39 is 5.76 Å². The summed E-state index contributed by atoms with van der Waals surface area (Å²) in [4.78, 5) is 12.5. The minimum absolute atomic E-state index is 0.298. The summed E-state index contributed by atoms with van der Waals surface area (Å²) >= 11 is 0. The fourth-order valence-electron chi connectivity index (χ4n) is 4.83. The van der Waals surface area contributed by atoms with Crippen molar-refractivity contribution in [1.29, 1.82) is 0 Å². The number of aromatic nitrogens is 2. The van der Waals surface area contributed by atoms with E-state index in [0.29, 0.717) is 50.8 Å². The SMILES string of the molecule is CCc1c(OCc2ccccc2)cc(OCc2ccccc2)c(-c2ccccc2)c1Cc1nn(CCOC)c(=O)o1. The molecule has 0 aliphatic rings. The quantitative estimate of drug-likeness (QED) is 0.167. The molecule has 0 saturated carbocycles. The minimum Gasteiger partial charge on any atom is -0.488 e. The van der Waals surface area contributed by atoms with Crippen LogP contribution in [0.5, 0.6) is 11.5 Å². The molecule has 0 spiro atoms. The van der Waals surface area contributed by atoms with Crippen molar-refractivity contribution < 1.29 is 18.6 Å². The molecule has 4 aromatic carbocycles. The largest absolute Gasteiger partial charge is 0.488 e. The Kier molecular flexibility index (Phi) is 9.29. The first-order chi connectivity index (χ1) is 20.2. The fraction of sp³-hybridized carbons (Fsp3) is 0.235. The van der Waals surface area contributed by atoms with Gasteiger partial charge in [0.1, 0.15) is 24.7 Å². The molecule has 210 valence electrons. The Balaban J connectivity index is 1.62. The van der Waals surface area contributed by atoms with Crippen LogP contribution in [0.3, 0.4) is 0 Å². The summed E-state index contributed by atoms with van der Waals surface area (Å²) in [5, 5.41) is 4.48. The second kappa shape index (κ2) is 13.6. The van der Waals surface area contributed by atoms with E-state index in [1.807, 2.05) is 84.9 Å². The highest BCUT2D eigenvalue weighted by Gasteiger charge is 2.23.